The van der Waals surface area contributed by atoms with Crippen molar-refractivity contribution in [2.75, 3.05) is 11.9 Å². The maximum absolute atomic E-state index is 12.5. The molecule has 0 bridgehead atoms. The van der Waals surface area contributed by atoms with Crippen molar-refractivity contribution in [1.82, 2.24) is 0 Å². The molecule has 3 atom stereocenters. The van der Waals surface area contributed by atoms with Crippen molar-refractivity contribution in [3.8, 4) is 0 Å². The summed E-state index contributed by atoms with van der Waals surface area (Å²) in [5.74, 6) is 0.520. The van der Waals surface area contributed by atoms with Crippen LogP contribution in [0, 0.1) is 25.2 Å². The van der Waals surface area contributed by atoms with Crippen LogP contribution in [0.1, 0.15) is 35.3 Å². The number of carbonyl (C=O) groups is 1. The summed E-state index contributed by atoms with van der Waals surface area (Å²) < 4.78 is 5.79. The number of rotatable bonds is 4. The van der Waals surface area contributed by atoms with Crippen LogP contribution in [0.25, 0.3) is 0 Å². The Morgan fingerprint density at radius 2 is 1.96 bits per heavy atom. The van der Waals surface area contributed by atoms with Gasteiger partial charge < -0.3 is 10.1 Å². The van der Waals surface area contributed by atoms with E-state index < -0.39 is 0 Å². The Hall–Kier alpha value is -1.84. The minimum atomic E-state index is -0.150. The van der Waals surface area contributed by atoms with E-state index in [0.29, 0.717) is 22.4 Å². The van der Waals surface area contributed by atoms with E-state index >= 15 is 0 Å². The standard InChI is InChI=1S/C22H24ClNO2/c1-14-4-7-19(23)12-21(14)22(25)24-20-8-5-17(6-9-20)11-18-10-15(2)16(3)26-13-18/h4-9,12,15-16,18H,11,13H2,1-3H3,(H,24,25). The molecule has 136 valence electrons. The molecule has 3 rings (SSSR count). The molecule has 1 amide bonds. The van der Waals surface area contributed by atoms with Crippen LogP contribution < -0.4 is 5.32 Å². The number of aryl methyl sites for hydroxylation is 1. The number of hydrogen-bond acceptors (Lipinski definition) is 2. The predicted octanol–water partition coefficient (Wildman–Crippen LogP) is 5.20. The van der Waals surface area contributed by atoms with Crippen LogP contribution in [0.15, 0.2) is 42.5 Å². The van der Waals surface area contributed by atoms with Gasteiger partial charge >= 0.3 is 0 Å². The molecule has 4 heteroatoms. The molecule has 0 aliphatic carbocycles. The molecule has 2 aromatic rings. The third-order valence-electron chi connectivity index (χ3n) is 4.90. The van der Waals surface area contributed by atoms with Crippen LogP contribution in [0.3, 0.4) is 0 Å². The SMILES string of the molecule is Cc1ccc(Cl)cc1C(=O)Nc1ccc(CC2[C]C(C)C(C)OC2)cc1. The Morgan fingerprint density at radius 3 is 2.65 bits per heavy atom. The predicted molar refractivity (Wildman–Crippen MR) is 106 cm³/mol. The highest BCUT2D eigenvalue weighted by atomic mass is 35.5. The van der Waals surface area contributed by atoms with E-state index in [2.05, 4.69) is 25.6 Å². The van der Waals surface area contributed by atoms with Gasteiger partial charge in [0.1, 0.15) is 0 Å². The molecule has 1 N–H and O–H groups in total. The number of anilines is 1. The van der Waals surface area contributed by atoms with Gasteiger partial charge in [0.25, 0.3) is 5.91 Å². The van der Waals surface area contributed by atoms with E-state index in [0.717, 1.165) is 24.3 Å². The summed E-state index contributed by atoms with van der Waals surface area (Å²) in [4.78, 5) is 12.5. The van der Waals surface area contributed by atoms with E-state index in [-0.39, 0.29) is 12.0 Å². The van der Waals surface area contributed by atoms with Crippen LogP contribution in [-0.2, 0) is 11.2 Å². The molecule has 2 aromatic carbocycles. The second-order valence-corrected chi connectivity index (χ2v) is 7.44. The molecule has 3 nitrogen and oxygen atoms in total. The average molecular weight is 370 g/mol. The number of ether oxygens (including phenoxy) is 1. The van der Waals surface area contributed by atoms with Crippen molar-refractivity contribution in [2.45, 2.75) is 33.3 Å². The first-order valence-electron chi connectivity index (χ1n) is 8.96. The van der Waals surface area contributed by atoms with E-state index in [1.54, 1.807) is 12.1 Å². The Labute approximate surface area is 160 Å². The van der Waals surface area contributed by atoms with E-state index in [1.165, 1.54) is 5.56 Å². The van der Waals surface area contributed by atoms with Gasteiger partial charge in [-0.25, -0.2) is 0 Å². The quantitative estimate of drug-likeness (QED) is 0.804. The lowest BCUT2D eigenvalue weighted by Crippen LogP contribution is -2.32. The normalized spacial score (nSPS) is 22.8. The lowest BCUT2D eigenvalue weighted by atomic mass is 9.86. The molecule has 0 aromatic heterocycles. The third kappa shape index (κ3) is 4.66. The fourth-order valence-corrected chi connectivity index (χ4v) is 3.30. The van der Waals surface area contributed by atoms with Crippen LogP contribution in [0.4, 0.5) is 5.69 Å². The van der Waals surface area contributed by atoms with E-state index in [1.807, 2.05) is 37.3 Å². The highest BCUT2D eigenvalue weighted by molar-refractivity contribution is 6.31. The molecule has 2 radical (unpaired) electrons. The second kappa shape index (κ2) is 8.24. The zero-order valence-corrected chi connectivity index (χ0v) is 16.1. The third-order valence-corrected chi connectivity index (χ3v) is 5.14. The van der Waals surface area contributed by atoms with Crippen LogP contribution >= 0.6 is 11.6 Å². The number of halogens is 1. The maximum atomic E-state index is 12.5. The summed E-state index contributed by atoms with van der Waals surface area (Å²) in [7, 11) is 0. The maximum Gasteiger partial charge on any atom is 0.255 e. The molecule has 26 heavy (non-hydrogen) atoms. The largest absolute Gasteiger partial charge is 0.378 e. The van der Waals surface area contributed by atoms with Crippen molar-refractivity contribution in [2.24, 2.45) is 11.8 Å². The van der Waals surface area contributed by atoms with Crippen molar-refractivity contribution in [3.63, 3.8) is 0 Å². The molecule has 0 spiro atoms. The topological polar surface area (TPSA) is 38.3 Å². The number of hydrogen-bond donors (Lipinski definition) is 1. The molecule has 1 saturated heterocycles. The fraction of sp³-hybridized carbons (Fsp3) is 0.364. The molecular weight excluding hydrogens is 346 g/mol. The Balaban J connectivity index is 1.61. The highest BCUT2D eigenvalue weighted by Crippen LogP contribution is 2.26. The van der Waals surface area contributed by atoms with Gasteiger partial charge in [-0.2, -0.15) is 0 Å². The van der Waals surface area contributed by atoms with Gasteiger partial charge in [0, 0.05) is 16.3 Å². The van der Waals surface area contributed by atoms with Gasteiger partial charge in [-0.15, -0.1) is 0 Å². The van der Waals surface area contributed by atoms with Crippen molar-refractivity contribution >= 4 is 23.2 Å². The molecule has 3 unspecified atom stereocenters. The van der Waals surface area contributed by atoms with Gasteiger partial charge in [-0.1, -0.05) is 36.7 Å². The summed E-state index contributed by atoms with van der Waals surface area (Å²) in [5, 5.41) is 3.49. The van der Waals surface area contributed by atoms with Crippen LogP contribution in [0.5, 0.6) is 0 Å². The van der Waals surface area contributed by atoms with Gasteiger partial charge in [0.15, 0.2) is 0 Å². The van der Waals surface area contributed by atoms with Gasteiger partial charge in [0.2, 0.25) is 0 Å². The van der Waals surface area contributed by atoms with Crippen LogP contribution in [0.2, 0.25) is 5.02 Å². The summed E-state index contributed by atoms with van der Waals surface area (Å²) in [5.41, 5.74) is 3.47. The average Bonchev–Trinajstić information content (AvgIpc) is 2.62. The minimum Gasteiger partial charge on any atom is -0.378 e. The highest BCUT2D eigenvalue weighted by Gasteiger charge is 2.25. The summed E-state index contributed by atoms with van der Waals surface area (Å²) in [6.07, 6.45) is 4.74. The minimum absolute atomic E-state index is 0.150. The van der Waals surface area contributed by atoms with Gasteiger partial charge in [-0.3, -0.25) is 4.79 Å². The molecule has 1 aliphatic heterocycles. The lowest BCUT2D eigenvalue weighted by molar-refractivity contribution is -0.0112. The first-order valence-corrected chi connectivity index (χ1v) is 9.34. The van der Waals surface area contributed by atoms with Crippen molar-refractivity contribution < 1.29 is 9.53 Å². The zero-order chi connectivity index (χ0) is 18.7. The summed E-state index contributed by atoms with van der Waals surface area (Å²) >= 11 is 6.00. The zero-order valence-electron chi connectivity index (χ0n) is 15.4. The van der Waals surface area contributed by atoms with E-state index in [4.69, 9.17) is 16.3 Å². The van der Waals surface area contributed by atoms with Crippen molar-refractivity contribution in [3.05, 3.63) is 70.6 Å². The molecule has 0 saturated carbocycles. The molecule has 1 heterocycles. The van der Waals surface area contributed by atoms with Crippen LogP contribution in [-0.4, -0.2) is 18.6 Å². The Bertz CT molecular complexity index is 772. The van der Waals surface area contributed by atoms with Crippen molar-refractivity contribution in [1.29, 1.82) is 0 Å². The number of nitrogens with one attached hydrogen (secondary N) is 1. The number of amides is 1. The van der Waals surface area contributed by atoms with E-state index in [9.17, 15) is 4.79 Å². The number of carbonyl (C=O) groups excluding carboxylic acids is 1. The Kier molecular flexibility index (Phi) is 6.00. The summed E-state index contributed by atoms with van der Waals surface area (Å²) in [6, 6.07) is 13.3. The molecule has 1 aliphatic rings. The number of benzene rings is 2. The second-order valence-electron chi connectivity index (χ2n) is 7.01. The smallest absolute Gasteiger partial charge is 0.255 e. The fourth-order valence-electron chi connectivity index (χ4n) is 3.13. The molecular formula is C22H24ClNO2. The Morgan fingerprint density at radius 1 is 1.23 bits per heavy atom. The van der Waals surface area contributed by atoms with Gasteiger partial charge in [0.05, 0.1) is 12.7 Å². The first-order chi connectivity index (χ1) is 12.4. The lowest BCUT2D eigenvalue weighted by Gasteiger charge is -2.31. The molecule has 1 fully saturated rings. The monoisotopic (exact) mass is 369 g/mol. The first kappa shape index (κ1) is 18.9. The van der Waals surface area contributed by atoms with Gasteiger partial charge in [-0.05, 0) is 73.9 Å². The summed E-state index contributed by atoms with van der Waals surface area (Å²) in [6.45, 7) is 6.85.